The normalized spacial score (nSPS) is 24.9. The summed E-state index contributed by atoms with van der Waals surface area (Å²) in [6, 6.07) is 6.91. The highest BCUT2D eigenvalue weighted by Gasteiger charge is 2.26. The largest absolute Gasteiger partial charge is 0.496 e. The summed E-state index contributed by atoms with van der Waals surface area (Å²) in [4.78, 5) is 2.54. The molecule has 0 bridgehead atoms. The summed E-state index contributed by atoms with van der Waals surface area (Å²) in [7, 11) is 3.76. The summed E-state index contributed by atoms with van der Waals surface area (Å²) in [5, 5.41) is 3.30. The minimum atomic E-state index is 0.371. The SMILES string of the molecule is CNC(C)c1ccc(OC)c(CN2CC(C)C(C)C2)c1. The van der Waals surface area contributed by atoms with Crippen molar-refractivity contribution in [3.63, 3.8) is 0 Å². The fraction of sp³-hybridized carbons (Fsp3) is 0.647. The second-order valence-electron chi connectivity index (χ2n) is 6.23. The van der Waals surface area contributed by atoms with E-state index in [1.54, 1.807) is 7.11 Å². The van der Waals surface area contributed by atoms with Gasteiger partial charge >= 0.3 is 0 Å². The van der Waals surface area contributed by atoms with E-state index in [-0.39, 0.29) is 0 Å². The number of rotatable bonds is 5. The molecule has 0 aromatic heterocycles. The third-order valence-electron chi connectivity index (χ3n) is 4.70. The first-order valence-electron chi connectivity index (χ1n) is 7.61. The zero-order valence-electron chi connectivity index (χ0n) is 13.4. The van der Waals surface area contributed by atoms with Gasteiger partial charge in [-0.05, 0) is 43.5 Å². The number of nitrogens with zero attached hydrogens (tertiary/aromatic N) is 1. The molecule has 0 radical (unpaired) electrons. The van der Waals surface area contributed by atoms with Gasteiger partial charge in [0.25, 0.3) is 0 Å². The molecular weight excluding hydrogens is 248 g/mol. The molecule has 1 saturated heterocycles. The Morgan fingerprint density at radius 2 is 1.95 bits per heavy atom. The quantitative estimate of drug-likeness (QED) is 0.894. The van der Waals surface area contributed by atoms with Crippen LogP contribution in [0.15, 0.2) is 18.2 Å². The molecule has 1 N–H and O–H groups in total. The van der Waals surface area contributed by atoms with Gasteiger partial charge in [-0.15, -0.1) is 0 Å². The predicted molar refractivity (Wildman–Crippen MR) is 84.1 cm³/mol. The monoisotopic (exact) mass is 276 g/mol. The fourth-order valence-electron chi connectivity index (χ4n) is 2.98. The average Bonchev–Trinajstić information content (AvgIpc) is 2.76. The highest BCUT2D eigenvalue weighted by molar-refractivity contribution is 5.38. The van der Waals surface area contributed by atoms with Gasteiger partial charge in [0.2, 0.25) is 0 Å². The maximum absolute atomic E-state index is 5.53. The van der Waals surface area contributed by atoms with Gasteiger partial charge in [-0.1, -0.05) is 19.9 Å². The van der Waals surface area contributed by atoms with Crippen LogP contribution in [0, 0.1) is 11.8 Å². The van der Waals surface area contributed by atoms with E-state index in [0.717, 1.165) is 24.1 Å². The van der Waals surface area contributed by atoms with E-state index < -0.39 is 0 Å². The van der Waals surface area contributed by atoms with E-state index in [4.69, 9.17) is 4.74 Å². The fourth-order valence-corrected chi connectivity index (χ4v) is 2.98. The first-order valence-corrected chi connectivity index (χ1v) is 7.61. The molecule has 3 heteroatoms. The van der Waals surface area contributed by atoms with Gasteiger partial charge in [0.1, 0.15) is 5.75 Å². The molecule has 1 aliphatic heterocycles. The third-order valence-corrected chi connectivity index (χ3v) is 4.70. The van der Waals surface area contributed by atoms with Crippen molar-refractivity contribution in [2.24, 2.45) is 11.8 Å². The summed E-state index contributed by atoms with van der Waals surface area (Å²) >= 11 is 0. The van der Waals surface area contributed by atoms with Crippen LogP contribution in [0.5, 0.6) is 5.75 Å². The Morgan fingerprint density at radius 1 is 1.30 bits per heavy atom. The molecule has 2 rings (SSSR count). The Labute approximate surface area is 123 Å². The first kappa shape index (κ1) is 15.3. The topological polar surface area (TPSA) is 24.5 Å². The Kier molecular flexibility index (Phi) is 5.06. The number of ether oxygens (including phenoxy) is 1. The Balaban J connectivity index is 2.16. The van der Waals surface area contributed by atoms with Gasteiger partial charge in [0.15, 0.2) is 0 Å². The van der Waals surface area contributed by atoms with Crippen molar-refractivity contribution in [3.05, 3.63) is 29.3 Å². The molecule has 1 fully saturated rings. The second-order valence-corrected chi connectivity index (χ2v) is 6.23. The zero-order chi connectivity index (χ0) is 14.7. The molecule has 1 aromatic rings. The summed E-state index contributed by atoms with van der Waals surface area (Å²) in [6.07, 6.45) is 0. The molecule has 0 saturated carbocycles. The van der Waals surface area contributed by atoms with E-state index in [9.17, 15) is 0 Å². The molecular formula is C17H28N2O. The van der Waals surface area contributed by atoms with Crippen LogP contribution in [0.2, 0.25) is 0 Å². The predicted octanol–water partition coefficient (Wildman–Crippen LogP) is 3.06. The number of nitrogens with one attached hydrogen (secondary N) is 1. The van der Waals surface area contributed by atoms with Gasteiger partial charge in [-0.25, -0.2) is 0 Å². The lowest BCUT2D eigenvalue weighted by Gasteiger charge is -2.20. The Bertz CT molecular complexity index is 437. The Morgan fingerprint density at radius 3 is 2.50 bits per heavy atom. The number of benzene rings is 1. The highest BCUT2D eigenvalue weighted by Crippen LogP contribution is 2.28. The van der Waals surface area contributed by atoms with Crippen LogP contribution in [-0.2, 0) is 6.54 Å². The van der Waals surface area contributed by atoms with E-state index in [1.165, 1.54) is 24.2 Å². The number of hydrogen-bond donors (Lipinski definition) is 1. The minimum absolute atomic E-state index is 0.371. The lowest BCUT2D eigenvalue weighted by atomic mass is 10.0. The van der Waals surface area contributed by atoms with Gasteiger partial charge in [-0.2, -0.15) is 0 Å². The maximum Gasteiger partial charge on any atom is 0.123 e. The third kappa shape index (κ3) is 3.33. The minimum Gasteiger partial charge on any atom is -0.496 e. The van der Waals surface area contributed by atoms with E-state index in [0.29, 0.717) is 6.04 Å². The van der Waals surface area contributed by atoms with Crippen molar-refractivity contribution < 1.29 is 4.74 Å². The standard InChI is InChI=1S/C17H28N2O/c1-12-9-19(10-13(12)2)11-16-8-15(14(3)18-4)6-7-17(16)20-5/h6-8,12-14,18H,9-11H2,1-5H3. The van der Waals surface area contributed by atoms with Crippen LogP contribution in [0.3, 0.4) is 0 Å². The molecule has 0 aliphatic carbocycles. The second kappa shape index (κ2) is 6.59. The van der Waals surface area contributed by atoms with Crippen LogP contribution >= 0.6 is 0 Å². The first-order chi connectivity index (χ1) is 9.55. The number of methoxy groups -OCH3 is 1. The zero-order valence-corrected chi connectivity index (χ0v) is 13.4. The summed E-state index contributed by atoms with van der Waals surface area (Å²) < 4.78 is 5.53. The van der Waals surface area contributed by atoms with Crippen LogP contribution in [0.4, 0.5) is 0 Å². The molecule has 112 valence electrons. The summed E-state index contributed by atoms with van der Waals surface area (Å²) in [5.41, 5.74) is 2.62. The van der Waals surface area contributed by atoms with Crippen molar-refractivity contribution in [2.75, 3.05) is 27.2 Å². The van der Waals surface area contributed by atoms with Gasteiger partial charge in [-0.3, -0.25) is 4.90 Å². The van der Waals surface area contributed by atoms with Crippen molar-refractivity contribution >= 4 is 0 Å². The maximum atomic E-state index is 5.53. The summed E-state index contributed by atoms with van der Waals surface area (Å²) in [6.45, 7) is 10.3. The van der Waals surface area contributed by atoms with Crippen LogP contribution < -0.4 is 10.1 Å². The lowest BCUT2D eigenvalue weighted by Crippen LogP contribution is -2.21. The molecule has 1 aromatic carbocycles. The van der Waals surface area contributed by atoms with Crippen LogP contribution in [0.1, 0.15) is 37.9 Å². The number of hydrogen-bond acceptors (Lipinski definition) is 3. The molecule has 1 aliphatic rings. The van der Waals surface area contributed by atoms with E-state index in [2.05, 4.69) is 49.2 Å². The molecule has 0 spiro atoms. The van der Waals surface area contributed by atoms with Gasteiger partial charge in [0, 0.05) is 31.2 Å². The lowest BCUT2D eigenvalue weighted by molar-refractivity contribution is 0.307. The molecule has 3 atom stereocenters. The molecule has 3 unspecified atom stereocenters. The molecule has 20 heavy (non-hydrogen) atoms. The van der Waals surface area contributed by atoms with E-state index >= 15 is 0 Å². The molecule has 1 heterocycles. The van der Waals surface area contributed by atoms with Crippen molar-refractivity contribution in [1.29, 1.82) is 0 Å². The van der Waals surface area contributed by atoms with Crippen LogP contribution in [-0.4, -0.2) is 32.1 Å². The van der Waals surface area contributed by atoms with Crippen LogP contribution in [0.25, 0.3) is 0 Å². The number of likely N-dealkylation sites (tertiary alicyclic amines) is 1. The van der Waals surface area contributed by atoms with Crippen molar-refractivity contribution in [1.82, 2.24) is 10.2 Å². The van der Waals surface area contributed by atoms with Gasteiger partial charge in [0.05, 0.1) is 7.11 Å². The van der Waals surface area contributed by atoms with Gasteiger partial charge < -0.3 is 10.1 Å². The smallest absolute Gasteiger partial charge is 0.123 e. The van der Waals surface area contributed by atoms with E-state index in [1.807, 2.05) is 7.05 Å². The molecule has 0 amide bonds. The average molecular weight is 276 g/mol. The van der Waals surface area contributed by atoms with Crippen molar-refractivity contribution in [3.8, 4) is 5.75 Å². The molecule has 3 nitrogen and oxygen atoms in total. The highest BCUT2D eigenvalue weighted by atomic mass is 16.5. The van der Waals surface area contributed by atoms with Crippen molar-refractivity contribution in [2.45, 2.75) is 33.4 Å². The Hall–Kier alpha value is -1.06. The summed E-state index contributed by atoms with van der Waals surface area (Å²) in [5.74, 6) is 2.59.